The van der Waals surface area contributed by atoms with Crippen LogP contribution in [-0.2, 0) is 0 Å². The van der Waals surface area contributed by atoms with Crippen LogP contribution in [0.15, 0.2) is 72.8 Å². The van der Waals surface area contributed by atoms with Gasteiger partial charge in [0.15, 0.2) is 0 Å². The van der Waals surface area contributed by atoms with Crippen molar-refractivity contribution < 1.29 is 9.85 Å². The third-order valence-corrected chi connectivity index (χ3v) is 4.25. The Balaban J connectivity index is 2.07. The zero-order valence-corrected chi connectivity index (χ0v) is 14.4. The number of nitrogens with zero attached hydrogens (tertiary/aromatic N) is 4. The first kappa shape index (κ1) is 17.2. The molecule has 0 saturated carbocycles. The average molecular weight is 372 g/mol. The van der Waals surface area contributed by atoms with Crippen LogP contribution in [0.25, 0.3) is 33.5 Å². The van der Waals surface area contributed by atoms with E-state index in [2.05, 4.69) is 9.97 Å². The molecule has 0 saturated heterocycles. The van der Waals surface area contributed by atoms with E-state index in [0.717, 1.165) is 23.3 Å². The number of nitro benzene ring substituents is 2. The summed E-state index contributed by atoms with van der Waals surface area (Å²) in [6.07, 6.45) is 0. The first-order chi connectivity index (χ1) is 13.5. The lowest BCUT2D eigenvalue weighted by atomic mass is 10.0. The van der Waals surface area contributed by atoms with E-state index < -0.39 is 21.2 Å². The fourth-order valence-corrected chi connectivity index (χ4v) is 2.97. The van der Waals surface area contributed by atoms with Gasteiger partial charge in [-0.2, -0.15) is 0 Å². The van der Waals surface area contributed by atoms with Crippen molar-refractivity contribution >= 4 is 22.4 Å². The van der Waals surface area contributed by atoms with Crippen LogP contribution < -0.4 is 0 Å². The normalized spacial score (nSPS) is 10.7. The van der Waals surface area contributed by atoms with Crippen LogP contribution in [-0.4, -0.2) is 19.8 Å². The number of rotatable bonds is 4. The highest BCUT2D eigenvalue weighted by Crippen LogP contribution is 2.35. The number of nitro groups is 2. The molecule has 0 radical (unpaired) electrons. The predicted molar refractivity (Wildman–Crippen MR) is 104 cm³/mol. The Kier molecular flexibility index (Phi) is 4.21. The van der Waals surface area contributed by atoms with Crippen LogP contribution in [0.5, 0.6) is 0 Å². The maximum atomic E-state index is 11.3. The lowest BCUT2D eigenvalue weighted by Crippen LogP contribution is -2.00. The molecule has 136 valence electrons. The summed E-state index contributed by atoms with van der Waals surface area (Å²) >= 11 is 0. The minimum Gasteiger partial charge on any atom is -0.258 e. The summed E-state index contributed by atoms with van der Waals surface area (Å²) < 4.78 is 0. The molecule has 0 unspecified atom stereocenters. The second-order valence-corrected chi connectivity index (χ2v) is 6.00. The molecule has 0 aliphatic carbocycles. The van der Waals surface area contributed by atoms with E-state index in [4.69, 9.17) is 0 Å². The third-order valence-electron chi connectivity index (χ3n) is 4.25. The van der Waals surface area contributed by atoms with Gasteiger partial charge < -0.3 is 0 Å². The predicted octanol–water partition coefficient (Wildman–Crippen LogP) is 4.78. The molecule has 0 fully saturated rings. The van der Waals surface area contributed by atoms with Gasteiger partial charge in [-0.1, -0.05) is 60.7 Å². The van der Waals surface area contributed by atoms with Crippen molar-refractivity contribution in [2.75, 3.05) is 0 Å². The molecule has 0 atom stereocenters. The molecular weight excluding hydrogens is 360 g/mol. The summed E-state index contributed by atoms with van der Waals surface area (Å²) in [6.45, 7) is 0. The summed E-state index contributed by atoms with van der Waals surface area (Å²) in [7, 11) is 0. The van der Waals surface area contributed by atoms with Gasteiger partial charge in [-0.25, -0.2) is 9.97 Å². The quantitative estimate of drug-likeness (QED) is 0.376. The monoisotopic (exact) mass is 372 g/mol. The number of fused-ring (bicyclic) bond motifs is 1. The molecule has 4 rings (SSSR count). The Morgan fingerprint density at radius 3 is 1.29 bits per heavy atom. The van der Waals surface area contributed by atoms with Gasteiger partial charge >= 0.3 is 11.4 Å². The van der Waals surface area contributed by atoms with Crippen molar-refractivity contribution in [3.05, 3.63) is 93.0 Å². The van der Waals surface area contributed by atoms with E-state index >= 15 is 0 Å². The number of hydrogen-bond acceptors (Lipinski definition) is 6. The van der Waals surface area contributed by atoms with Crippen molar-refractivity contribution in [3.8, 4) is 22.5 Å². The largest absolute Gasteiger partial charge is 0.348 e. The van der Waals surface area contributed by atoms with Crippen molar-refractivity contribution in [2.45, 2.75) is 0 Å². The first-order valence-corrected chi connectivity index (χ1v) is 8.30. The lowest BCUT2D eigenvalue weighted by molar-refractivity contribution is -0.422. The van der Waals surface area contributed by atoms with E-state index in [1.807, 2.05) is 60.7 Å². The van der Waals surface area contributed by atoms with Gasteiger partial charge in [0.25, 0.3) is 0 Å². The SMILES string of the molecule is O=[N+]([O-])c1cc2nc(-c3ccccc3)c(-c3ccccc3)nc2cc1[N+](=O)[O-]. The van der Waals surface area contributed by atoms with Gasteiger partial charge in [0, 0.05) is 11.1 Å². The van der Waals surface area contributed by atoms with Gasteiger partial charge in [0.05, 0.1) is 44.4 Å². The van der Waals surface area contributed by atoms with E-state index in [0.29, 0.717) is 11.4 Å². The number of benzene rings is 3. The van der Waals surface area contributed by atoms with E-state index in [1.54, 1.807) is 0 Å². The molecule has 8 nitrogen and oxygen atoms in total. The molecule has 0 bridgehead atoms. The molecule has 4 aromatic rings. The number of hydrogen-bond donors (Lipinski definition) is 0. The second-order valence-electron chi connectivity index (χ2n) is 6.00. The van der Waals surface area contributed by atoms with E-state index in [-0.39, 0.29) is 11.0 Å². The minimum absolute atomic E-state index is 0.218. The minimum atomic E-state index is -0.785. The highest BCUT2D eigenvalue weighted by Gasteiger charge is 2.26. The third kappa shape index (κ3) is 3.03. The molecule has 0 amide bonds. The summed E-state index contributed by atoms with van der Waals surface area (Å²) in [4.78, 5) is 30.1. The molecule has 0 spiro atoms. The Hall–Kier alpha value is -4.20. The highest BCUT2D eigenvalue weighted by atomic mass is 16.6. The van der Waals surface area contributed by atoms with E-state index in [9.17, 15) is 20.2 Å². The Morgan fingerprint density at radius 1 is 0.607 bits per heavy atom. The molecule has 0 aliphatic heterocycles. The fourth-order valence-electron chi connectivity index (χ4n) is 2.97. The van der Waals surface area contributed by atoms with Crippen molar-refractivity contribution in [1.29, 1.82) is 0 Å². The van der Waals surface area contributed by atoms with Gasteiger partial charge in [0.2, 0.25) is 0 Å². The molecule has 1 heterocycles. The maximum absolute atomic E-state index is 11.3. The molecular formula is C20H12N4O4. The Bertz CT molecular complexity index is 1120. The van der Waals surface area contributed by atoms with Gasteiger partial charge in [0.1, 0.15) is 0 Å². The zero-order valence-electron chi connectivity index (χ0n) is 14.4. The van der Waals surface area contributed by atoms with Crippen LogP contribution in [0.1, 0.15) is 0 Å². The van der Waals surface area contributed by atoms with Crippen LogP contribution in [0.4, 0.5) is 11.4 Å². The zero-order chi connectivity index (χ0) is 19.7. The maximum Gasteiger partial charge on any atom is 0.348 e. The van der Waals surface area contributed by atoms with Crippen LogP contribution in [0.3, 0.4) is 0 Å². The molecule has 1 aromatic heterocycles. The standard InChI is InChI=1S/C20H12N4O4/c25-23(26)17-11-15-16(12-18(17)24(27)28)22-20(14-9-5-2-6-10-14)19(21-15)13-7-3-1-4-8-13/h1-12H. The topological polar surface area (TPSA) is 112 Å². The van der Waals surface area contributed by atoms with Crippen LogP contribution in [0, 0.1) is 20.2 Å². The van der Waals surface area contributed by atoms with Gasteiger partial charge in [-0.05, 0) is 0 Å². The Morgan fingerprint density at radius 2 is 0.964 bits per heavy atom. The summed E-state index contributed by atoms with van der Waals surface area (Å²) in [5, 5.41) is 22.5. The summed E-state index contributed by atoms with van der Waals surface area (Å²) in [6, 6.07) is 20.8. The summed E-state index contributed by atoms with van der Waals surface area (Å²) in [5.41, 5.74) is 1.88. The van der Waals surface area contributed by atoms with Crippen LogP contribution >= 0.6 is 0 Å². The molecule has 8 heteroatoms. The fraction of sp³-hybridized carbons (Fsp3) is 0. The van der Waals surface area contributed by atoms with E-state index in [1.165, 1.54) is 0 Å². The molecule has 3 aromatic carbocycles. The first-order valence-electron chi connectivity index (χ1n) is 8.30. The average Bonchev–Trinajstić information content (AvgIpc) is 2.73. The Labute approximate surface area is 158 Å². The molecule has 28 heavy (non-hydrogen) atoms. The van der Waals surface area contributed by atoms with Crippen molar-refractivity contribution in [2.24, 2.45) is 0 Å². The van der Waals surface area contributed by atoms with Crippen molar-refractivity contribution in [3.63, 3.8) is 0 Å². The molecule has 0 N–H and O–H groups in total. The van der Waals surface area contributed by atoms with Crippen molar-refractivity contribution in [1.82, 2.24) is 9.97 Å². The van der Waals surface area contributed by atoms with Crippen LogP contribution in [0.2, 0.25) is 0 Å². The van der Waals surface area contributed by atoms with Gasteiger partial charge in [-0.3, -0.25) is 20.2 Å². The summed E-state index contributed by atoms with van der Waals surface area (Å²) in [5.74, 6) is 0. The number of aromatic nitrogens is 2. The second kappa shape index (κ2) is 6.84. The smallest absolute Gasteiger partial charge is 0.258 e. The lowest BCUT2D eigenvalue weighted by Gasteiger charge is -2.10. The molecule has 0 aliphatic rings. The van der Waals surface area contributed by atoms with Gasteiger partial charge in [-0.15, -0.1) is 0 Å². The highest BCUT2D eigenvalue weighted by molar-refractivity contribution is 5.89.